The van der Waals surface area contributed by atoms with Gasteiger partial charge in [-0.25, -0.2) is 0 Å². The summed E-state index contributed by atoms with van der Waals surface area (Å²) in [7, 11) is 0. The van der Waals surface area contributed by atoms with Crippen LogP contribution >= 0.6 is 11.6 Å². The number of alkyl halides is 3. The molecule has 1 aliphatic heterocycles. The van der Waals surface area contributed by atoms with Crippen molar-refractivity contribution in [3.63, 3.8) is 0 Å². The number of nitrogens with one attached hydrogen (secondary N) is 1. The van der Waals surface area contributed by atoms with Gasteiger partial charge in [0.2, 0.25) is 5.78 Å². The molecule has 0 spiro atoms. The van der Waals surface area contributed by atoms with Gasteiger partial charge in [-0.3, -0.25) is 9.78 Å². The van der Waals surface area contributed by atoms with Gasteiger partial charge in [0.25, 0.3) is 0 Å². The third kappa shape index (κ3) is 4.18. The van der Waals surface area contributed by atoms with Crippen molar-refractivity contribution in [2.24, 2.45) is 5.92 Å². The zero-order valence-electron chi connectivity index (χ0n) is 13.9. The molecule has 138 valence electrons. The molecule has 0 saturated heterocycles. The van der Waals surface area contributed by atoms with Crippen LogP contribution in [-0.4, -0.2) is 23.5 Å². The van der Waals surface area contributed by atoms with Crippen molar-refractivity contribution in [2.75, 3.05) is 11.9 Å². The molecule has 1 atom stereocenters. The molecule has 0 radical (unpaired) electrons. The van der Waals surface area contributed by atoms with Gasteiger partial charge in [-0.15, -0.1) is 0 Å². The second kappa shape index (κ2) is 7.66. The summed E-state index contributed by atoms with van der Waals surface area (Å²) in [5.74, 6) is -2.75. The maximum atomic E-state index is 12.7. The summed E-state index contributed by atoms with van der Waals surface area (Å²) in [6.45, 7) is -0.0212. The van der Waals surface area contributed by atoms with E-state index in [0.717, 1.165) is 22.5 Å². The second-order valence-electron chi connectivity index (χ2n) is 6.35. The van der Waals surface area contributed by atoms with Crippen molar-refractivity contribution in [1.82, 2.24) is 4.98 Å². The fourth-order valence-electron chi connectivity index (χ4n) is 3.29. The number of carbonyl (C=O) groups is 1. The van der Waals surface area contributed by atoms with E-state index in [-0.39, 0.29) is 13.0 Å². The summed E-state index contributed by atoms with van der Waals surface area (Å²) in [5.41, 5.74) is 3.48. The maximum absolute atomic E-state index is 12.7. The Morgan fingerprint density at radius 3 is 2.73 bits per heavy atom. The second-order valence-corrected chi connectivity index (χ2v) is 6.76. The van der Waals surface area contributed by atoms with Gasteiger partial charge in [0.1, 0.15) is 0 Å². The molecular weight excluding hydrogens is 365 g/mol. The number of Topliss-reactive ketones (excluding diaryl/α,β-unsaturated/α-hetero) is 1. The molecule has 1 unspecified atom stereocenters. The molecular formula is C19H18ClF3N2O. The lowest BCUT2D eigenvalue weighted by molar-refractivity contribution is -0.175. The Bertz CT molecular complexity index is 793. The zero-order valence-corrected chi connectivity index (χ0v) is 14.7. The van der Waals surface area contributed by atoms with Crippen LogP contribution in [0.2, 0.25) is 5.02 Å². The Balaban J connectivity index is 1.80. The van der Waals surface area contributed by atoms with E-state index < -0.39 is 17.9 Å². The van der Waals surface area contributed by atoms with Crippen LogP contribution < -0.4 is 5.32 Å². The van der Waals surface area contributed by atoms with Gasteiger partial charge in [0, 0.05) is 35.1 Å². The number of halogens is 4. The predicted molar refractivity (Wildman–Crippen MR) is 94.5 cm³/mol. The van der Waals surface area contributed by atoms with E-state index in [0.29, 0.717) is 24.3 Å². The molecule has 26 heavy (non-hydrogen) atoms. The number of hydrogen-bond acceptors (Lipinski definition) is 3. The monoisotopic (exact) mass is 382 g/mol. The van der Waals surface area contributed by atoms with Gasteiger partial charge in [-0.2, -0.15) is 13.2 Å². The minimum absolute atomic E-state index is 0.0212. The Hall–Kier alpha value is -2.08. The topological polar surface area (TPSA) is 42.0 Å². The number of nitrogens with zero attached hydrogens (tertiary/aromatic N) is 1. The van der Waals surface area contributed by atoms with Crippen molar-refractivity contribution in [3.8, 4) is 0 Å². The van der Waals surface area contributed by atoms with Gasteiger partial charge < -0.3 is 5.32 Å². The number of rotatable bonds is 4. The minimum atomic E-state index is -4.80. The van der Waals surface area contributed by atoms with Crippen molar-refractivity contribution >= 4 is 23.1 Å². The third-order valence-corrected chi connectivity index (χ3v) is 5.02. The zero-order chi connectivity index (χ0) is 18.7. The Morgan fingerprint density at radius 2 is 2.04 bits per heavy atom. The van der Waals surface area contributed by atoms with E-state index in [1.54, 1.807) is 18.3 Å². The summed E-state index contributed by atoms with van der Waals surface area (Å²) >= 11 is 6.36. The number of fused-ring (bicyclic) bond motifs is 1. The molecule has 1 N–H and O–H groups in total. The van der Waals surface area contributed by atoms with E-state index in [4.69, 9.17) is 11.6 Å². The highest BCUT2D eigenvalue weighted by atomic mass is 35.5. The van der Waals surface area contributed by atoms with E-state index in [2.05, 4.69) is 10.3 Å². The number of aromatic nitrogens is 1. The van der Waals surface area contributed by atoms with E-state index in [9.17, 15) is 18.0 Å². The summed E-state index contributed by atoms with van der Waals surface area (Å²) < 4.78 is 38.2. The van der Waals surface area contributed by atoms with Crippen LogP contribution in [0.4, 0.5) is 18.9 Å². The molecule has 0 saturated carbocycles. The Kier molecular flexibility index (Phi) is 5.51. The highest BCUT2D eigenvalue weighted by Crippen LogP contribution is 2.34. The first-order chi connectivity index (χ1) is 12.4. The number of hydrogen-bond donors (Lipinski definition) is 1. The molecule has 0 bridgehead atoms. The lowest BCUT2D eigenvalue weighted by Gasteiger charge is -2.15. The van der Waals surface area contributed by atoms with Gasteiger partial charge >= 0.3 is 6.18 Å². The number of ketones is 1. The quantitative estimate of drug-likeness (QED) is 0.838. The fourth-order valence-corrected chi connectivity index (χ4v) is 3.57. The van der Waals surface area contributed by atoms with Crippen LogP contribution in [0.1, 0.15) is 23.2 Å². The molecule has 0 fully saturated rings. The molecule has 1 aliphatic rings. The minimum Gasteiger partial charge on any atom is -0.384 e. The van der Waals surface area contributed by atoms with Crippen molar-refractivity contribution < 1.29 is 18.0 Å². The largest absolute Gasteiger partial charge is 0.450 e. The van der Waals surface area contributed by atoms with Crippen LogP contribution in [0.25, 0.3) is 0 Å². The van der Waals surface area contributed by atoms with Gasteiger partial charge in [0.15, 0.2) is 0 Å². The summed E-state index contributed by atoms with van der Waals surface area (Å²) in [6, 6.07) is 9.18. The van der Waals surface area contributed by atoms with E-state index in [1.165, 1.54) is 0 Å². The highest BCUT2D eigenvalue weighted by Gasteiger charge is 2.43. The lowest BCUT2D eigenvalue weighted by Crippen LogP contribution is -2.34. The van der Waals surface area contributed by atoms with Gasteiger partial charge in [-0.05, 0) is 61.1 Å². The number of carbonyl (C=O) groups excluding carboxylic acids is 1. The predicted octanol–water partition coefficient (Wildman–Crippen LogP) is 4.63. The normalized spacial score (nSPS) is 17.2. The summed E-state index contributed by atoms with van der Waals surface area (Å²) in [5, 5.41) is 3.58. The summed E-state index contributed by atoms with van der Waals surface area (Å²) in [6.07, 6.45) is -1.23. The van der Waals surface area contributed by atoms with Crippen molar-refractivity contribution in [2.45, 2.75) is 31.9 Å². The molecule has 1 aromatic carbocycles. The number of anilines is 1. The van der Waals surface area contributed by atoms with Crippen LogP contribution in [0.3, 0.4) is 0 Å². The van der Waals surface area contributed by atoms with Crippen LogP contribution in [0.15, 0.2) is 36.5 Å². The standard InChI is InChI=1S/C19H18ClF3N2O/c20-16-8-9-17-15(14(16)7-5-13-3-1-2-10-24-13)6-4-12(11-25-17)18(26)19(21,22)23/h1-3,8-10,12,25H,4-7,11H2. The first-order valence-corrected chi connectivity index (χ1v) is 8.79. The molecule has 2 aromatic rings. The van der Waals surface area contributed by atoms with Gasteiger partial charge in [-0.1, -0.05) is 17.7 Å². The maximum Gasteiger partial charge on any atom is 0.450 e. The first kappa shape index (κ1) is 18.7. The Morgan fingerprint density at radius 1 is 1.23 bits per heavy atom. The van der Waals surface area contributed by atoms with E-state index >= 15 is 0 Å². The molecule has 3 nitrogen and oxygen atoms in total. The van der Waals surface area contributed by atoms with E-state index in [1.807, 2.05) is 18.2 Å². The Labute approximate surface area is 154 Å². The molecule has 0 aliphatic carbocycles. The smallest absolute Gasteiger partial charge is 0.384 e. The SMILES string of the molecule is O=C(C1CCc2c(ccc(Cl)c2CCc2ccccn2)NC1)C(F)(F)F. The number of pyridine rings is 1. The number of benzene rings is 1. The molecule has 1 aromatic heterocycles. The van der Waals surface area contributed by atoms with Crippen molar-refractivity contribution in [3.05, 3.63) is 58.4 Å². The molecule has 0 amide bonds. The molecule has 7 heteroatoms. The first-order valence-electron chi connectivity index (χ1n) is 8.41. The third-order valence-electron chi connectivity index (χ3n) is 4.66. The fraction of sp³-hybridized carbons (Fsp3) is 0.368. The van der Waals surface area contributed by atoms with Crippen molar-refractivity contribution in [1.29, 1.82) is 0 Å². The van der Waals surface area contributed by atoms with Crippen LogP contribution in [0, 0.1) is 5.92 Å². The van der Waals surface area contributed by atoms with Crippen LogP contribution in [0.5, 0.6) is 0 Å². The lowest BCUT2D eigenvalue weighted by atomic mass is 9.93. The average Bonchev–Trinajstić information content (AvgIpc) is 2.83. The molecule has 2 heterocycles. The molecule has 3 rings (SSSR count). The average molecular weight is 383 g/mol. The number of aryl methyl sites for hydroxylation is 1. The van der Waals surface area contributed by atoms with Crippen LogP contribution in [-0.2, 0) is 24.1 Å². The highest BCUT2D eigenvalue weighted by molar-refractivity contribution is 6.31. The van der Waals surface area contributed by atoms with Gasteiger partial charge in [0.05, 0.1) is 0 Å². The summed E-state index contributed by atoms with van der Waals surface area (Å²) in [4.78, 5) is 15.9.